The van der Waals surface area contributed by atoms with Crippen molar-refractivity contribution in [2.24, 2.45) is 0 Å². The molecular formula is C23H16Cl2N2O7. The van der Waals surface area contributed by atoms with Gasteiger partial charge in [-0.2, -0.15) is 0 Å². The van der Waals surface area contributed by atoms with Gasteiger partial charge in [-0.25, -0.2) is 14.4 Å². The highest BCUT2D eigenvalue weighted by molar-refractivity contribution is 6.34. The molecule has 0 aliphatic carbocycles. The Morgan fingerprint density at radius 3 is 1.79 bits per heavy atom. The molecule has 174 valence electrons. The molecule has 0 aliphatic heterocycles. The highest BCUT2D eigenvalue weighted by atomic mass is 35.5. The number of carboxylic acid groups (broad SMARTS) is 1. The van der Waals surface area contributed by atoms with Crippen molar-refractivity contribution in [1.82, 2.24) is 4.98 Å². The molecule has 3 aromatic rings. The summed E-state index contributed by atoms with van der Waals surface area (Å²) in [4.78, 5) is 54.1. The first-order chi connectivity index (χ1) is 16.3. The van der Waals surface area contributed by atoms with Gasteiger partial charge in [-0.3, -0.25) is 9.78 Å². The van der Waals surface area contributed by atoms with E-state index in [1.54, 1.807) is 12.1 Å². The number of aromatic nitrogens is 1. The molecule has 11 heteroatoms. The van der Waals surface area contributed by atoms with Gasteiger partial charge in [-0.1, -0.05) is 47.5 Å². The summed E-state index contributed by atoms with van der Waals surface area (Å²) >= 11 is 12.0. The first kappa shape index (κ1) is 24.7. The van der Waals surface area contributed by atoms with Crippen LogP contribution in [0.1, 0.15) is 20.7 Å². The SMILES string of the molecule is O=C(O[C@H](C(=O)O)[C@@H](OC(=O)c1ccccc1Cl)C(=O)Nc1cccnc1)c1ccccc1Cl. The van der Waals surface area contributed by atoms with Crippen LogP contribution < -0.4 is 5.32 Å². The summed E-state index contributed by atoms with van der Waals surface area (Å²) in [6.45, 7) is 0. The molecule has 0 unspecified atom stereocenters. The van der Waals surface area contributed by atoms with E-state index >= 15 is 0 Å². The molecule has 0 bridgehead atoms. The summed E-state index contributed by atoms with van der Waals surface area (Å²) in [6.07, 6.45) is -1.56. The number of esters is 2. The first-order valence-electron chi connectivity index (χ1n) is 9.62. The van der Waals surface area contributed by atoms with Crippen LogP contribution in [0, 0.1) is 0 Å². The molecule has 3 rings (SSSR count). The normalized spacial score (nSPS) is 12.2. The zero-order valence-electron chi connectivity index (χ0n) is 17.2. The summed E-state index contributed by atoms with van der Waals surface area (Å²) in [5.41, 5.74) is -0.0722. The predicted molar refractivity (Wildman–Crippen MR) is 122 cm³/mol. The lowest BCUT2D eigenvalue weighted by atomic mass is 10.1. The Morgan fingerprint density at radius 1 is 0.794 bits per heavy atom. The maximum absolute atomic E-state index is 13.0. The van der Waals surface area contributed by atoms with Gasteiger partial charge in [-0.15, -0.1) is 0 Å². The number of rotatable bonds is 8. The molecule has 0 spiro atoms. The number of nitrogens with zero attached hydrogens (tertiary/aromatic N) is 1. The molecule has 0 aliphatic rings. The minimum absolute atomic E-state index is 0.000984. The van der Waals surface area contributed by atoms with Crippen molar-refractivity contribution in [3.63, 3.8) is 0 Å². The highest BCUT2D eigenvalue weighted by Crippen LogP contribution is 2.21. The van der Waals surface area contributed by atoms with Crippen LogP contribution in [-0.4, -0.2) is 46.1 Å². The lowest BCUT2D eigenvalue weighted by Gasteiger charge is -2.23. The smallest absolute Gasteiger partial charge is 0.349 e. The lowest BCUT2D eigenvalue weighted by molar-refractivity contribution is -0.157. The van der Waals surface area contributed by atoms with Crippen LogP contribution in [0.4, 0.5) is 5.69 Å². The average molecular weight is 503 g/mol. The Bertz CT molecular complexity index is 1220. The number of amides is 1. The van der Waals surface area contributed by atoms with E-state index in [9.17, 15) is 24.3 Å². The van der Waals surface area contributed by atoms with Crippen molar-refractivity contribution in [3.8, 4) is 0 Å². The minimum Gasteiger partial charge on any atom is -0.478 e. The van der Waals surface area contributed by atoms with Gasteiger partial charge in [0.2, 0.25) is 12.2 Å². The number of carbonyl (C=O) groups is 4. The third-order valence-corrected chi connectivity index (χ3v) is 5.02. The zero-order chi connectivity index (χ0) is 24.7. The molecule has 1 aromatic heterocycles. The van der Waals surface area contributed by atoms with Crippen molar-refractivity contribution >= 4 is 52.7 Å². The molecule has 1 amide bonds. The number of aliphatic carboxylic acids is 1. The number of hydrogen-bond donors (Lipinski definition) is 2. The number of anilines is 1. The summed E-state index contributed by atoms with van der Waals surface area (Å²) in [5, 5.41) is 12.1. The fourth-order valence-corrected chi connectivity index (χ4v) is 3.18. The molecule has 9 nitrogen and oxygen atoms in total. The third-order valence-electron chi connectivity index (χ3n) is 4.36. The van der Waals surface area contributed by atoms with Crippen LogP contribution in [0.5, 0.6) is 0 Å². The van der Waals surface area contributed by atoms with Crippen molar-refractivity contribution in [2.75, 3.05) is 5.32 Å². The number of carbonyl (C=O) groups excluding carboxylic acids is 3. The van der Waals surface area contributed by atoms with Gasteiger partial charge >= 0.3 is 17.9 Å². The quantitative estimate of drug-likeness (QED) is 0.443. The third kappa shape index (κ3) is 6.09. The number of hydrogen-bond acceptors (Lipinski definition) is 7. The average Bonchev–Trinajstić information content (AvgIpc) is 2.82. The van der Waals surface area contributed by atoms with Crippen LogP contribution in [0.25, 0.3) is 0 Å². The molecule has 34 heavy (non-hydrogen) atoms. The van der Waals surface area contributed by atoms with E-state index in [0.717, 1.165) is 0 Å². The molecule has 2 atom stereocenters. The number of carboxylic acids is 1. The van der Waals surface area contributed by atoms with Crippen molar-refractivity contribution in [3.05, 3.63) is 94.2 Å². The summed E-state index contributed by atoms with van der Waals surface area (Å²) in [5.74, 6) is -5.05. The number of pyridine rings is 1. The van der Waals surface area contributed by atoms with E-state index in [0.29, 0.717) is 0 Å². The van der Waals surface area contributed by atoms with Gasteiger partial charge in [0.05, 0.1) is 33.1 Å². The van der Waals surface area contributed by atoms with Gasteiger partial charge in [0.1, 0.15) is 0 Å². The maximum Gasteiger partial charge on any atom is 0.349 e. The molecule has 0 radical (unpaired) electrons. The largest absolute Gasteiger partial charge is 0.478 e. The summed E-state index contributed by atoms with van der Waals surface area (Å²) in [6, 6.07) is 14.6. The molecule has 0 saturated carbocycles. The van der Waals surface area contributed by atoms with Crippen molar-refractivity contribution < 1.29 is 33.8 Å². The standard InChI is InChI=1S/C23H16Cl2N2O7/c24-16-9-3-1-7-14(16)22(31)33-18(20(28)27-13-6-5-11-26-12-13)19(21(29)30)34-23(32)15-8-2-4-10-17(15)25/h1-12,18-19H,(H,27,28)(H,29,30)/t18-,19+/m1/s1. The Hall–Kier alpha value is -3.95. The van der Waals surface area contributed by atoms with Gasteiger partial charge in [0, 0.05) is 6.20 Å². The van der Waals surface area contributed by atoms with E-state index in [-0.39, 0.29) is 26.9 Å². The van der Waals surface area contributed by atoms with Gasteiger partial charge < -0.3 is 19.9 Å². The van der Waals surface area contributed by atoms with Crippen LogP contribution in [0.3, 0.4) is 0 Å². The van der Waals surface area contributed by atoms with Crippen LogP contribution >= 0.6 is 23.2 Å². The topological polar surface area (TPSA) is 132 Å². The molecule has 0 saturated heterocycles. The molecule has 2 N–H and O–H groups in total. The number of halogens is 2. The molecule has 1 heterocycles. The van der Waals surface area contributed by atoms with E-state index in [2.05, 4.69) is 10.3 Å². The zero-order valence-corrected chi connectivity index (χ0v) is 18.7. The number of benzene rings is 2. The Balaban J connectivity index is 1.93. The summed E-state index contributed by atoms with van der Waals surface area (Å²) < 4.78 is 10.3. The number of ether oxygens (including phenoxy) is 2. The van der Waals surface area contributed by atoms with Gasteiger partial charge in [-0.05, 0) is 36.4 Å². The van der Waals surface area contributed by atoms with Gasteiger partial charge in [0.25, 0.3) is 5.91 Å². The molecular weight excluding hydrogens is 487 g/mol. The van der Waals surface area contributed by atoms with E-state index < -0.39 is 36.0 Å². The fourth-order valence-electron chi connectivity index (χ4n) is 2.76. The summed E-state index contributed by atoms with van der Waals surface area (Å²) in [7, 11) is 0. The second-order valence-corrected chi connectivity index (χ2v) is 7.50. The second-order valence-electron chi connectivity index (χ2n) is 6.68. The maximum atomic E-state index is 13.0. The Morgan fingerprint density at radius 2 is 1.32 bits per heavy atom. The van der Waals surface area contributed by atoms with Crippen LogP contribution in [0.15, 0.2) is 73.1 Å². The van der Waals surface area contributed by atoms with E-state index in [4.69, 9.17) is 32.7 Å². The highest BCUT2D eigenvalue weighted by Gasteiger charge is 2.41. The second kappa shape index (κ2) is 11.3. The van der Waals surface area contributed by atoms with E-state index in [1.165, 1.54) is 60.9 Å². The molecule has 0 fully saturated rings. The molecule has 2 aromatic carbocycles. The van der Waals surface area contributed by atoms with E-state index in [1.807, 2.05) is 0 Å². The fraction of sp³-hybridized carbons (Fsp3) is 0.0870. The van der Waals surface area contributed by atoms with Gasteiger partial charge in [0.15, 0.2) is 0 Å². The monoisotopic (exact) mass is 502 g/mol. The van der Waals surface area contributed by atoms with Crippen molar-refractivity contribution in [2.45, 2.75) is 12.2 Å². The van der Waals surface area contributed by atoms with Crippen LogP contribution in [-0.2, 0) is 19.1 Å². The Labute approximate surface area is 203 Å². The van der Waals surface area contributed by atoms with Crippen LogP contribution in [0.2, 0.25) is 10.0 Å². The minimum atomic E-state index is -2.22. The van der Waals surface area contributed by atoms with Crippen molar-refractivity contribution in [1.29, 1.82) is 0 Å². The lowest BCUT2D eigenvalue weighted by Crippen LogP contribution is -2.48. The Kier molecular flexibility index (Phi) is 8.18. The number of nitrogens with one attached hydrogen (secondary N) is 1. The predicted octanol–water partition coefficient (Wildman–Crippen LogP) is 3.86. The first-order valence-corrected chi connectivity index (χ1v) is 10.4.